The van der Waals surface area contributed by atoms with Gasteiger partial charge in [0.2, 0.25) is 0 Å². The minimum absolute atomic E-state index is 0.324. The van der Waals surface area contributed by atoms with Gasteiger partial charge in [-0.15, -0.1) is 0 Å². The van der Waals surface area contributed by atoms with Crippen molar-refractivity contribution in [2.45, 2.75) is 51.7 Å². The summed E-state index contributed by atoms with van der Waals surface area (Å²) in [6.45, 7) is 6.31. The molecule has 0 radical (unpaired) electrons. The summed E-state index contributed by atoms with van der Waals surface area (Å²) in [5.41, 5.74) is 6.12. The van der Waals surface area contributed by atoms with Crippen LogP contribution in [0.5, 0.6) is 0 Å². The van der Waals surface area contributed by atoms with Crippen molar-refractivity contribution in [3.05, 3.63) is 59.2 Å². The molecule has 1 aliphatic carbocycles. The fraction of sp³-hybridized carbons (Fsp3) is 0.500. The van der Waals surface area contributed by atoms with E-state index in [1.54, 1.807) is 0 Å². The normalized spacial score (nSPS) is 22.3. The fourth-order valence-electron chi connectivity index (χ4n) is 5.06. The van der Waals surface area contributed by atoms with Crippen molar-refractivity contribution in [1.82, 2.24) is 24.8 Å². The quantitative estimate of drug-likeness (QED) is 0.720. The number of likely N-dealkylation sites (tertiary alicyclic amines) is 1. The third kappa shape index (κ3) is 3.81. The SMILES string of the molecule is Cc1ccc2c(n1)C(NCc1nc3ccccc3n1CC1CCN(C)C1)CCC2. The predicted molar refractivity (Wildman–Crippen MR) is 117 cm³/mol. The number of nitrogens with one attached hydrogen (secondary N) is 1. The van der Waals surface area contributed by atoms with Gasteiger partial charge in [0, 0.05) is 18.8 Å². The molecule has 1 aromatic carbocycles. The van der Waals surface area contributed by atoms with E-state index in [1.807, 2.05) is 0 Å². The molecule has 2 atom stereocenters. The first-order valence-electron chi connectivity index (χ1n) is 11.0. The summed E-state index contributed by atoms with van der Waals surface area (Å²) >= 11 is 0. The van der Waals surface area contributed by atoms with Crippen molar-refractivity contribution >= 4 is 11.0 Å². The summed E-state index contributed by atoms with van der Waals surface area (Å²) in [7, 11) is 2.23. The minimum atomic E-state index is 0.324. The van der Waals surface area contributed by atoms with E-state index < -0.39 is 0 Å². The van der Waals surface area contributed by atoms with Crippen LogP contribution in [0.4, 0.5) is 0 Å². The van der Waals surface area contributed by atoms with E-state index in [0.717, 1.165) is 43.0 Å². The Morgan fingerprint density at radius 1 is 1.10 bits per heavy atom. The van der Waals surface area contributed by atoms with E-state index in [4.69, 9.17) is 9.97 Å². The van der Waals surface area contributed by atoms with Gasteiger partial charge in [-0.3, -0.25) is 4.98 Å². The molecule has 2 unspecified atom stereocenters. The van der Waals surface area contributed by atoms with Gasteiger partial charge in [-0.25, -0.2) is 4.98 Å². The summed E-state index contributed by atoms with van der Waals surface area (Å²) in [4.78, 5) is 12.3. The molecule has 0 bridgehead atoms. The van der Waals surface area contributed by atoms with Crippen LogP contribution in [-0.2, 0) is 19.5 Å². The van der Waals surface area contributed by atoms with Crippen molar-refractivity contribution in [2.24, 2.45) is 5.92 Å². The molecule has 1 aliphatic heterocycles. The van der Waals surface area contributed by atoms with Crippen LogP contribution in [0, 0.1) is 12.8 Å². The monoisotopic (exact) mass is 389 g/mol. The van der Waals surface area contributed by atoms with Crippen LogP contribution in [0.2, 0.25) is 0 Å². The molecular formula is C24H31N5. The third-order valence-corrected chi connectivity index (χ3v) is 6.59. The molecule has 29 heavy (non-hydrogen) atoms. The lowest BCUT2D eigenvalue weighted by atomic mass is 9.91. The van der Waals surface area contributed by atoms with Crippen LogP contribution >= 0.6 is 0 Å². The van der Waals surface area contributed by atoms with E-state index in [0.29, 0.717) is 12.0 Å². The maximum Gasteiger partial charge on any atom is 0.123 e. The van der Waals surface area contributed by atoms with Crippen molar-refractivity contribution in [3.8, 4) is 0 Å². The third-order valence-electron chi connectivity index (χ3n) is 6.59. The van der Waals surface area contributed by atoms with Crippen LogP contribution in [0.15, 0.2) is 36.4 Å². The fourth-order valence-corrected chi connectivity index (χ4v) is 5.06. The Balaban J connectivity index is 1.40. The lowest BCUT2D eigenvalue weighted by Crippen LogP contribution is -2.28. The number of pyridine rings is 1. The Morgan fingerprint density at radius 2 is 2.00 bits per heavy atom. The standard InChI is InChI=1S/C24H31N5/c1-17-10-11-19-6-5-8-21(24(19)26-17)25-14-23-27-20-7-3-4-9-22(20)29(23)16-18-12-13-28(2)15-18/h3-4,7,9-11,18,21,25H,5-6,8,12-16H2,1-2H3. The minimum Gasteiger partial charge on any atom is -0.327 e. The number of hydrogen-bond acceptors (Lipinski definition) is 4. The molecule has 152 valence electrons. The molecule has 3 heterocycles. The first-order valence-corrected chi connectivity index (χ1v) is 11.0. The second-order valence-corrected chi connectivity index (χ2v) is 8.87. The van der Waals surface area contributed by atoms with Gasteiger partial charge in [0.05, 0.1) is 29.3 Å². The molecule has 1 N–H and O–H groups in total. The highest BCUT2D eigenvalue weighted by molar-refractivity contribution is 5.75. The molecule has 0 saturated carbocycles. The number of para-hydroxylation sites is 2. The number of aromatic nitrogens is 3. The molecule has 1 saturated heterocycles. The average Bonchev–Trinajstić information content (AvgIpc) is 3.30. The zero-order valence-corrected chi connectivity index (χ0v) is 17.6. The number of fused-ring (bicyclic) bond motifs is 2. The largest absolute Gasteiger partial charge is 0.327 e. The zero-order chi connectivity index (χ0) is 19.8. The van der Waals surface area contributed by atoms with Crippen LogP contribution < -0.4 is 5.32 Å². The van der Waals surface area contributed by atoms with Crippen LogP contribution in [0.25, 0.3) is 11.0 Å². The van der Waals surface area contributed by atoms with Gasteiger partial charge in [-0.1, -0.05) is 18.2 Å². The Morgan fingerprint density at radius 3 is 2.86 bits per heavy atom. The molecular weight excluding hydrogens is 358 g/mol. The van der Waals surface area contributed by atoms with Gasteiger partial charge in [-0.05, 0) is 75.9 Å². The topological polar surface area (TPSA) is 46.0 Å². The van der Waals surface area contributed by atoms with Gasteiger partial charge < -0.3 is 14.8 Å². The smallest absolute Gasteiger partial charge is 0.123 e. The van der Waals surface area contributed by atoms with Gasteiger partial charge in [0.1, 0.15) is 5.82 Å². The molecule has 3 aromatic rings. The second kappa shape index (κ2) is 7.88. The highest BCUT2D eigenvalue weighted by atomic mass is 15.2. The Labute approximate surface area is 173 Å². The Kier molecular flexibility index (Phi) is 5.10. The highest BCUT2D eigenvalue weighted by Gasteiger charge is 2.24. The summed E-state index contributed by atoms with van der Waals surface area (Å²) in [6.07, 6.45) is 4.79. The second-order valence-electron chi connectivity index (χ2n) is 8.87. The molecule has 5 rings (SSSR count). The van der Waals surface area contributed by atoms with E-state index in [-0.39, 0.29) is 0 Å². The lowest BCUT2D eigenvalue weighted by Gasteiger charge is -2.26. The molecule has 2 aliphatic rings. The number of hydrogen-bond donors (Lipinski definition) is 1. The van der Waals surface area contributed by atoms with E-state index >= 15 is 0 Å². The van der Waals surface area contributed by atoms with Gasteiger partial charge >= 0.3 is 0 Å². The first-order chi connectivity index (χ1) is 14.2. The summed E-state index contributed by atoms with van der Waals surface area (Å²) in [5, 5.41) is 3.80. The van der Waals surface area contributed by atoms with Gasteiger partial charge in [0.15, 0.2) is 0 Å². The van der Waals surface area contributed by atoms with Crippen molar-refractivity contribution in [1.29, 1.82) is 0 Å². The summed E-state index contributed by atoms with van der Waals surface area (Å²) in [5.74, 6) is 1.86. The summed E-state index contributed by atoms with van der Waals surface area (Å²) < 4.78 is 2.46. The summed E-state index contributed by atoms with van der Waals surface area (Å²) in [6, 6.07) is 13.3. The van der Waals surface area contributed by atoms with Crippen LogP contribution in [-0.4, -0.2) is 39.6 Å². The Bertz CT molecular complexity index is 1010. The molecule has 2 aromatic heterocycles. The van der Waals surface area contributed by atoms with E-state index in [2.05, 4.69) is 65.2 Å². The number of aryl methyl sites for hydroxylation is 2. The highest BCUT2D eigenvalue weighted by Crippen LogP contribution is 2.29. The Hall–Kier alpha value is -2.24. The number of benzene rings is 1. The molecule has 5 nitrogen and oxygen atoms in total. The van der Waals surface area contributed by atoms with Crippen molar-refractivity contribution < 1.29 is 0 Å². The number of imidazole rings is 1. The van der Waals surface area contributed by atoms with Crippen LogP contribution in [0.1, 0.15) is 48.1 Å². The number of nitrogens with zero attached hydrogens (tertiary/aromatic N) is 4. The predicted octanol–water partition coefficient (Wildman–Crippen LogP) is 3.86. The first kappa shape index (κ1) is 18.8. The van der Waals surface area contributed by atoms with E-state index in [1.165, 1.54) is 42.7 Å². The maximum absolute atomic E-state index is 5.00. The zero-order valence-electron chi connectivity index (χ0n) is 17.6. The van der Waals surface area contributed by atoms with Crippen LogP contribution in [0.3, 0.4) is 0 Å². The lowest BCUT2D eigenvalue weighted by molar-refractivity contribution is 0.374. The van der Waals surface area contributed by atoms with Gasteiger partial charge in [-0.2, -0.15) is 0 Å². The molecule has 0 amide bonds. The van der Waals surface area contributed by atoms with Crippen molar-refractivity contribution in [2.75, 3.05) is 20.1 Å². The average molecular weight is 390 g/mol. The van der Waals surface area contributed by atoms with Crippen molar-refractivity contribution in [3.63, 3.8) is 0 Å². The van der Waals surface area contributed by atoms with E-state index in [9.17, 15) is 0 Å². The molecule has 1 fully saturated rings. The molecule has 5 heteroatoms. The maximum atomic E-state index is 5.00. The molecule has 0 spiro atoms. The van der Waals surface area contributed by atoms with Gasteiger partial charge in [0.25, 0.3) is 0 Å². The number of rotatable bonds is 5.